The predicted octanol–water partition coefficient (Wildman–Crippen LogP) is -0.275. The van der Waals surface area contributed by atoms with Crippen LogP contribution in [0.4, 0.5) is 0 Å². The lowest BCUT2D eigenvalue weighted by Crippen LogP contribution is -2.48. The smallest absolute Gasteiger partial charge is 0.332 e. The highest BCUT2D eigenvalue weighted by Crippen LogP contribution is 1.90. The highest BCUT2D eigenvalue weighted by atomic mass is 16.5. The Morgan fingerprint density at radius 3 is 2.44 bits per heavy atom. The summed E-state index contributed by atoms with van der Waals surface area (Å²) in [7, 11) is 0. The van der Waals surface area contributed by atoms with E-state index in [1.54, 1.807) is 6.92 Å². The van der Waals surface area contributed by atoms with E-state index in [1.165, 1.54) is 0 Å². The van der Waals surface area contributed by atoms with Gasteiger partial charge in [0, 0.05) is 13.1 Å². The number of nitrogens with two attached hydrogens (primary N) is 1. The monoisotopic (exact) mass is 259 g/mol. The van der Waals surface area contributed by atoms with Gasteiger partial charge in [-0.15, -0.1) is 0 Å². The van der Waals surface area contributed by atoms with Gasteiger partial charge in [0.05, 0.1) is 6.61 Å². The van der Waals surface area contributed by atoms with Gasteiger partial charge in [0.2, 0.25) is 5.91 Å². The zero-order chi connectivity index (χ0) is 14.0. The van der Waals surface area contributed by atoms with E-state index in [2.05, 4.69) is 28.8 Å². The second-order valence-electron chi connectivity index (χ2n) is 3.96. The lowest BCUT2D eigenvalue weighted by molar-refractivity contribution is -0.147. The first-order valence-corrected chi connectivity index (χ1v) is 6.49. The Balaban J connectivity index is 3.91. The van der Waals surface area contributed by atoms with Crippen molar-refractivity contribution in [1.29, 1.82) is 0 Å². The second kappa shape index (κ2) is 9.85. The van der Waals surface area contributed by atoms with Crippen LogP contribution in [0.25, 0.3) is 0 Å². The molecular weight excluding hydrogens is 234 g/mol. The Labute approximate surface area is 109 Å². The number of esters is 1. The van der Waals surface area contributed by atoms with E-state index < -0.39 is 17.9 Å². The van der Waals surface area contributed by atoms with E-state index in [1.807, 2.05) is 0 Å². The summed E-state index contributed by atoms with van der Waals surface area (Å²) >= 11 is 0. The van der Waals surface area contributed by atoms with Crippen LogP contribution in [0.2, 0.25) is 0 Å². The molecule has 6 heteroatoms. The lowest BCUT2D eigenvalue weighted by Gasteiger charge is -2.20. The first-order valence-electron chi connectivity index (χ1n) is 6.49. The molecule has 1 atom stereocenters. The summed E-state index contributed by atoms with van der Waals surface area (Å²) in [4.78, 5) is 25.0. The van der Waals surface area contributed by atoms with Crippen molar-refractivity contribution in [2.45, 2.75) is 33.2 Å². The molecule has 0 spiro atoms. The summed E-state index contributed by atoms with van der Waals surface area (Å²) in [5.74, 6) is -1.17. The van der Waals surface area contributed by atoms with E-state index in [0.29, 0.717) is 6.54 Å². The van der Waals surface area contributed by atoms with Crippen LogP contribution in [-0.2, 0) is 14.3 Å². The van der Waals surface area contributed by atoms with E-state index in [-0.39, 0.29) is 6.61 Å². The molecule has 0 aromatic rings. The van der Waals surface area contributed by atoms with Gasteiger partial charge in [-0.1, -0.05) is 13.8 Å². The highest BCUT2D eigenvalue weighted by Gasteiger charge is 2.22. The maximum Gasteiger partial charge on any atom is 0.332 e. The second-order valence-corrected chi connectivity index (χ2v) is 3.96. The summed E-state index contributed by atoms with van der Waals surface area (Å²) in [5.41, 5.74) is 5.45. The van der Waals surface area contributed by atoms with Crippen molar-refractivity contribution in [3.63, 3.8) is 0 Å². The molecule has 3 N–H and O–H groups in total. The summed E-state index contributed by atoms with van der Waals surface area (Å²) in [6.07, 6.45) is 1.07. The minimum absolute atomic E-state index is 0.222. The van der Waals surface area contributed by atoms with Gasteiger partial charge in [-0.25, -0.2) is 4.79 Å². The molecule has 106 valence electrons. The third kappa shape index (κ3) is 6.56. The van der Waals surface area contributed by atoms with Crippen molar-refractivity contribution in [2.24, 2.45) is 5.73 Å². The van der Waals surface area contributed by atoms with Gasteiger partial charge in [-0.05, 0) is 26.4 Å². The van der Waals surface area contributed by atoms with Crippen LogP contribution < -0.4 is 11.1 Å². The number of hydrogen-bond donors (Lipinski definition) is 2. The molecule has 0 bridgehead atoms. The minimum atomic E-state index is -1.23. The fraction of sp³-hybridized carbons (Fsp3) is 0.833. The van der Waals surface area contributed by atoms with Gasteiger partial charge >= 0.3 is 5.97 Å². The van der Waals surface area contributed by atoms with Crippen LogP contribution in [-0.4, -0.2) is 55.6 Å². The highest BCUT2D eigenvalue weighted by molar-refractivity contribution is 6.01. The van der Waals surface area contributed by atoms with Crippen molar-refractivity contribution in [3.05, 3.63) is 0 Å². The summed E-state index contributed by atoms with van der Waals surface area (Å²) in [6, 6.07) is -1.23. The van der Waals surface area contributed by atoms with Crippen molar-refractivity contribution in [2.75, 3.05) is 32.8 Å². The Morgan fingerprint density at radius 1 is 1.28 bits per heavy atom. The molecule has 0 rings (SSSR count). The molecule has 0 aromatic heterocycles. The SMILES string of the molecule is CCCN(CC)CCNC(=O)C(N)C(=O)OCC. The molecule has 0 saturated heterocycles. The van der Waals surface area contributed by atoms with Crippen LogP contribution in [0, 0.1) is 0 Å². The number of nitrogens with zero attached hydrogens (tertiary/aromatic N) is 1. The van der Waals surface area contributed by atoms with Gasteiger partial charge in [0.15, 0.2) is 6.04 Å². The quantitative estimate of drug-likeness (QED) is 0.439. The maximum absolute atomic E-state index is 11.5. The topological polar surface area (TPSA) is 84.7 Å². The Bertz CT molecular complexity index is 259. The van der Waals surface area contributed by atoms with Crippen LogP contribution in [0.1, 0.15) is 27.2 Å². The molecule has 0 aliphatic carbocycles. The normalized spacial score (nSPS) is 12.3. The third-order valence-electron chi connectivity index (χ3n) is 2.54. The molecule has 1 amide bonds. The largest absolute Gasteiger partial charge is 0.464 e. The Kier molecular flexibility index (Phi) is 9.22. The minimum Gasteiger partial charge on any atom is -0.464 e. The van der Waals surface area contributed by atoms with Crippen LogP contribution in [0.15, 0.2) is 0 Å². The first kappa shape index (κ1) is 16.9. The fourth-order valence-electron chi connectivity index (χ4n) is 1.53. The molecule has 6 nitrogen and oxygen atoms in total. The molecule has 0 fully saturated rings. The van der Waals surface area contributed by atoms with Crippen LogP contribution >= 0.6 is 0 Å². The van der Waals surface area contributed by atoms with Crippen molar-refractivity contribution in [3.8, 4) is 0 Å². The van der Waals surface area contributed by atoms with E-state index in [0.717, 1.165) is 26.1 Å². The number of likely N-dealkylation sites (N-methyl/N-ethyl adjacent to an activating group) is 1. The first-order chi connectivity index (χ1) is 8.56. The Hall–Kier alpha value is -1.14. The van der Waals surface area contributed by atoms with Crippen molar-refractivity contribution < 1.29 is 14.3 Å². The van der Waals surface area contributed by atoms with E-state index in [9.17, 15) is 9.59 Å². The summed E-state index contributed by atoms with van der Waals surface area (Å²) in [5, 5.41) is 2.64. The van der Waals surface area contributed by atoms with Gasteiger partial charge < -0.3 is 20.7 Å². The molecule has 0 heterocycles. The molecule has 0 saturated carbocycles. The number of hydrogen-bond acceptors (Lipinski definition) is 5. The number of carbonyl (C=O) groups excluding carboxylic acids is 2. The number of nitrogens with one attached hydrogen (secondary N) is 1. The molecule has 0 aliphatic rings. The van der Waals surface area contributed by atoms with Crippen molar-refractivity contribution in [1.82, 2.24) is 10.2 Å². The standard InChI is InChI=1S/C12H25N3O3/c1-4-8-15(5-2)9-7-14-11(16)10(13)12(17)18-6-3/h10H,4-9,13H2,1-3H3,(H,14,16). The molecule has 18 heavy (non-hydrogen) atoms. The number of amides is 1. The van der Waals surface area contributed by atoms with Gasteiger partial charge in [0.1, 0.15) is 0 Å². The van der Waals surface area contributed by atoms with E-state index in [4.69, 9.17) is 5.73 Å². The maximum atomic E-state index is 11.5. The van der Waals surface area contributed by atoms with Gasteiger partial charge in [-0.2, -0.15) is 0 Å². The van der Waals surface area contributed by atoms with Crippen LogP contribution in [0.3, 0.4) is 0 Å². The summed E-state index contributed by atoms with van der Waals surface area (Å²) in [6.45, 7) is 9.25. The number of ether oxygens (including phenoxy) is 1. The van der Waals surface area contributed by atoms with Crippen molar-refractivity contribution >= 4 is 11.9 Å². The van der Waals surface area contributed by atoms with E-state index >= 15 is 0 Å². The molecule has 0 radical (unpaired) electrons. The molecule has 0 aliphatic heterocycles. The molecular formula is C12H25N3O3. The summed E-state index contributed by atoms with van der Waals surface area (Å²) < 4.78 is 4.68. The molecule has 1 unspecified atom stereocenters. The lowest BCUT2D eigenvalue weighted by atomic mass is 10.3. The van der Waals surface area contributed by atoms with Gasteiger partial charge in [0.25, 0.3) is 0 Å². The number of rotatable bonds is 9. The Morgan fingerprint density at radius 2 is 1.94 bits per heavy atom. The zero-order valence-electron chi connectivity index (χ0n) is 11.6. The zero-order valence-corrected chi connectivity index (χ0v) is 11.6. The average Bonchev–Trinajstić information content (AvgIpc) is 2.36. The predicted molar refractivity (Wildman–Crippen MR) is 70.0 cm³/mol. The van der Waals surface area contributed by atoms with Crippen LogP contribution in [0.5, 0.6) is 0 Å². The third-order valence-corrected chi connectivity index (χ3v) is 2.54. The van der Waals surface area contributed by atoms with Gasteiger partial charge in [-0.3, -0.25) is 4.79 Å². The fourth-order valence-corrected chi connectivity index (χ4v) is 1.53. The average molecular weight is 259 g/mol. The molecule has 0 aromatic carbocycles. The number of carbonyl (C=O) groups is 2.